The molecule has 0 aliphatic carbocycles. The number of aromatic nitrogens is 1. The fourth-order valence-electron chi connectivity index (χ4n) is 2.36. The van der Waals surface area contributed by atoms with E-state index in [1.165, 1.54) is 0 Å². The van der Waals surface area contributed by atoms with E-state index in [9.17, 15) is 4.79 Å². The van der Waals surface area contributed by atoms with Crippen molar-refractivity contribution in [2.45, 2.75) is 67.3 Å². The molecule has 0 aromatic carbocycles. The molecule has 0 saturated heterocycles. The van der Waals surface area contributed by atoms with Gasteiger partial charge < -0.3 is 10.3 Å². The number of allylic oxidation sites excluding steroid dienone is 1. The largest absolute Gasteiger partial charge is 0.346 e. The van der Waals surface area contributed by atoms with Crippen LogP contribution in [-0.4, -0.2) is 30.1 Å². The van der Waals surface area contributed by atoms with E-state index in [0.29, 0.717) is 0 Å². The summed E-state index contributed by atoms with van der Waals surface area (Å²) in [5.74, 6) is 0.976. The predicted molar refractivity (Wildman–Crippen MR) is 104 cm³/mol. The minimum atomic E-state index is -0.178. The molecule has 1 rings (SSSR count). The number of carbonyl (C=O) groups excluding carboxylic acids is 1. The first kappa shape index (κ1) is 23.6. The van der Waals surface area contributed by atoms with Gasteiger partial charge in [-0.3, -0.25) is 4.79 Å². The van der Waals surface area contributed by atoms with Crippen LogP contribution in [0.25, 0.3) is 6.08 Å². The molecule has 23 heavy (non-hydrogen) atoms. The first-order chi connectivity index (χ1) is 11.1. The van der Waals surface area contributed by atoms with Gasteiger partial charge in [0.05, 0.1) is 6.04 Å². The molecule has 1 aromatic heterocycles. The summed E-state index contributed by atoms with van der Waals surface area (Å²) >= 11 is 0. The minimum absolute atomic E-state index is 0.0791. The molecule has 0 aliphatic rings. The van der Waals surface area contributed by atoms with Crippen LogP contribution < -0.4 is 5.32 Å². The Morgan fingerprint density at radius 1 is 1.39 bits per heavy atom. The standard InChI is InChI=1S/C15H23N3O.2C2H6/c1-6-8-12-13(9-18-15(12)16-5)10(3)14(11(4)19)17-7-2;2*1-2/h6,8-10,14,17-18H,5,7H2,1-4H3;2*1-2H3/b8-6-;;. The number of nitrogens with one attached hydrogen (secondary N) is 2. The molecule has 2 atom stereocenters. The zero-order chi connectivity index (χ0) is 18.4. The van der Waals surface area contributed by atoms with Gasteiger partial charge in [0.15, 0.2) is 0 Å². The summed E-state index contributed by atoms with van der Waals surface area (Å²) in [5, 5.41) is 3.24. The summed E-state index contributed by atoms with van der Waals surface area (Å²) in [6.07, 6.45) is 5.87. The van der Waals surface area contributed by atoms with Crippen molar-refractivity contribution in [3.8, 4) is 0 Å². The maximum absolute atomic E-state index is 11.8. The van der Waals surface area contributed by atoms with Gasteiger partial charge in [-0.25, -0.2) is 4.99 Å². The second kappa shape index (κ2) is 13.9. The highest BCUT2D eigenvalue weighted by Crippen LogP contribution is 2.31. The lowest BCUT2D eigenvalue weighted by Gasteiger charge is -2.22. The summed E-state index contributed by atoms with van der Waals surface area (Å²) in [7, 11) is 0. The molecule has 2 unspecified atom stereocenters. The van der Waals surface area contributed by atoms with Crippen LogP contribution in [0.4, 0.5) is 5.82 Å². The monoisotopic (exact) mass is 321 g/mol. The van der Waals surface area contributed by atoms with Crippen molar-refractivity contribution in [3.05, 3.63) is 23.4 Å². The van der Waals surface area contributed by atoms with Crippen molar-refractivity contribution in [1.82, 2.24) is 10.3 Å². The van der Waals surface area contributed by atoms with E-state index in [-0.39, 0.29) is 17.7 Å². The fourth-order valence-corrected chi connectivity index (χ4v) is 2.36. The highest BCUT2D eigenvalue weighted by molar-refractivity contribution is 5.83. The first-order valence-electron chi connectivity index (χ1n) is 8.61. The Hall–Kier alpha value is -1.68. The summed E-state index contributed by atoms with van der Waals surface area (Å²) in [4.78, 5) is 18.9. The number of Topliss-reactive ketones (excluding diaryl/α,β-unsaturated/α-hetero) is 1. The van der Waals surface area contributed by atoms with Gasteiger partial charge in [-0.1, -0.05) is 53.7 Å². The third-order valence-electron chi connectivity index (χ3n) is 3.27. The Labute approximate surface area is 142 Å². The average molecular weight is 322 g/mol. The van der Waals surface area contributed by atoms with Crippen molar-refractivity contribution in [1.29, 1.82) is 0 Å². The third kappa shape index (κ3) is 6.95. The molecule has 132 valence electrons. The van der Waals surface area contributed by atoms with Crippen LogP contribution in [-0.2, 0) is 4.79 Å². The van der Waals surface area contributed by atoms with E-state index in [0.717, 1.165) is 23.5 Å². The second-order valence-electron chi connectivity index (χ2n) is 4.60. The molecule has 0 fully saturated rings. The molecule has 0 bridgehead atoms. The topological polar surface area (TPSA) is 57.2 Å². The summed E-state index contributed by atoms with van der Waals surface area (Å²) in [5.41, 5.74) is 2.09. The second-order valence-corrected chi connectivity index (χ2v) is 4.60. The lowest BCUT2D eigenvalue weighted by Crippen LogP contribution is -2.39. The van der Waals surface area contributed by atoms with E-state index in [1.807, 2.05) is 59.9 Å². The van der Waals surface area contributed by atoms with Gasteiger partial charge in [0.2, 0.25) is 0 Å². The molecule has 4 heteroatoms. The van der Waals surface area contributed by atoms with Gasteiger partial charge >= 0.3 is 0 Å². The molecular weight excluding hydrogens is 286 g/mol. The van der Waals surface area contributed by atoms with Crippen LogP contribution in [0.15, 0.2) is 17.3 Å². The van der Waals surface area contributed by atoms with Crippen LogP contribution in [0.5, 0.6) is 0 Å². The maximum Gasteiger partial charge on any atom is 0.147 e. The van der Waals surface area contributed by atoms with Gasteiger partial charge in [0.25, 0.3) is 0 Å². The smallest absolute Gasteiger partial charge is 0.147 e. The van der Waals surface area contributed by atoms with E-state index >= 15 is 0 Å². The lowest BCUT2D eigenvalue weighted by atomic mass is 9.90. The average Bonchev–Trinajstić information content (AvgIpc) is 2.98. The number of hydrogen-bond acceptors (Lipinski definition) is 3. The van der Waals surface area contributed by atoms with Crippen LogP contribution in [0, 0.1) is 0 Å². The molecular formula is C19H35N3O. The molecule has 0 spiro atoms. The summed E-state index contributed by atoms with van der Waals surface area (Å²) in [6.45, 7) is 20.0. The molecule has 1 aromatic rings. The number of aliphatic imine (C=N–C) groups is 1. The van der Waals surface area contributed by atoms with Gasteiger partial charge in [-0.15, -0.1) is 0 Å². The van der Waals surface area contributed by atoms with Crippen molar-refractivity contribution < 1.29 is 4.79 Å². The van der Waals surface area contributed by atoms with Gasteiger partial charge in [-0.2, -0.15) is 0 Å². The first-order valence-corrected chi connectivity index (χ1v) is 8.61. The van der Waals surface area contributed by atoms with Crippen LogP contribution in [0.2, 0.25) is 0 Å². The van der Waals surface area contributed by atoms with Gasteiger partial charge in [0, 0.05) is 17.7 Å². The third-order valence-corrected chi connectivity index (χ3v) is 3.27. The van der Waals surface area contributed by atoms with Crippen LogP contribution in [0.3, 0.4) is 0 Å². The Kier molecular flexibility index (Phi) is 14.3. The lowest BCUT2D eigenvalue weighted by molar-refractivity contribution is -0.119. The Bertz CT molecular complexity index is 475. The molecule has 4 nitrogen and oxygen atoms in total. The molecule has 1 heterocycles. The van der Waals surface area contributed by atoms with E-state index in [4.69, 9.17) is 0 Å². The number of rotatable bonds is 7. The number of carbonyl (C=O) groups is 1. The van der Waals surface area contributed by atoms with Gasteiger partial charge in [-0.05, 0) is 32.7 Å². The highest BCUT2D eigenvalue weighted by Gasteiger charge is 2.25. The number of nitrogens with zero attached hydrogens (tertiary/aromatic N) is 1. The quantitative estimate of drug-likeness (QED) is 0.686. The summed E-state index contributed by atoms with van der Waals surface area (Å²) < 4.78 is 0. The normalized spacial score (nSPS) is 12.5. The Balaban J connectivity index is 0. The predicted octanol–water partition coefficient (Wildman–Crippen LogP) is 5.10. The molecule has 2 N–H and O–H groups in total. The molecule has 0 saturated carbocycles. The number of hydrogen-bond donors (Lipinski definition) is 2. The van der Waals surface area contributed by atoms with Crippen LogP contribution in [0.1, 0.15) is 72.4 Å². The van der Waals surface area contributed by atoms with E-state index in [2.05, 4.69) is 28.9 Å². The minimum Gasteiger partial charge on any atom is -0.346 e. The van der Waals surface area contributed by atoms with Gasteiger partial charge in [0.1, 0.15) is 11.6 Å². The zero-order valence-electron chi connectivity index (χ0n) is 16.2. The maximum atomic E-state index is 11.8. The molecule has 0 radical (unpaired) electrons. The number of aromatic amines is 1. The van der Waals surface area contributed by atoms with Crippen molar-refractivity contribution in [3.63, 3.8) is 0 Å². The number of H-pyrrole nitrogens is 1. The highest BCUT2D eigenvalue weighted by atomic mass is 16.1. The number of ketones is 1. The van der Waals surface area contributed by atoms with Crippen molar-refractivity contribution in [2.24, 2.45) is 4.99 Å². The van der Waals surface area contributed by atoms with Crippen LogP contribution >= 0.6 is 0 Å². The SMILES string of the molecule is C=Nc1[nH]cc(C(C)C(NCC)C(C)=O)c1/C=C\C.CC.CC. The van der Waals surface area contributed by atoms with Crippen molar-refractivity contribution in [2.75, 3.05) is 6.54 Å². The number of likely N-dealkylation sites (N-methyl/N-ethyl adjacent to an activating group) is 1. The zero-order valence-corrected chi connectivity index (χ0v) is 16.2. The van der Waals surface area contributed by atoms with E-state index in [1.54, 1.807) is 6.92 Å². The van der Waals surface area contributed by atoms with Crippen molar-refractivity contribution >= 4 is 24.4 Å². The summed E-state index contributed by atoms with van der Waals surface area (Å²) in [6, 6.07) is -0.178. The molecule has 0 aliphatic heterocycles. The Morgan fingerprint density at radius 2 is 1.96 bits per heavy atom. The van der Waals surface area contributed by atoms with E-state index < -0.39 is 0 Å². The Morgan fingerprint density at radius 3 is 2.35 bits per heavy atom. The molecule has 0 amide bonds. The fraction of sp³-hybridized carbons (Fsp3) is 0.579.